The molecule has 0 bridgehead atoms. The molecule has 1 aromatic rings. The third-order valence-electron chi connectivity index (χ3n) is 8.04. The molecule has 2 aliphatic rings. The van der Waals surface area contributed by atoms with Crippen LogP contribution in [0.4, 0.5) is 10.1 Å². The fourth-order valence-electron chi connectivity index (χ4n) is 5.62. The molecule has 1 unspecified atom stereocenters. The molecule has 5 heteroatoms. The van der Waals surface area contributed by atoms with Gasteiger partial charge in [0.2, 0.25) is 5.91 Å². The van der Waals surface area contributed by atoms with Gasteiger partial charge in [0.15, 0.2) is 0 Å². The molecule has 1 atom stereocenters. The molecule has 1 aromatic carbocycles. The summed E-state index contributed by atoms with van der Waals surface area (Å²) in [6.45, 7) is 16.4. The first-order valence-corrected chi connectivity index (χ1v) is 15.2. The van der Waals surface area contributed by atoms with Crippen LogP contribution in [0.2, 0.25) is 0 Å². The predicted molar refractivity (Wildman–Crippen MR) is 177 cm³/mol. The van der Waals surface area contributed by atoms with Crippen molar-refractivity contribution in [3.8, 4) is 0 Å². The quantitative estimate of drug-likeness (QED) is 0.242. The molecule has 224 valence electrons. The Hall–Kier alpha value is -3.70. The second-order valence-electron chi connectivity index (χ2n) is 11.3. The van der Waals surface area contributed by atoms with Crippen molar-refractivity contribution in [2.45, 2.75) is 72.1 Å². The SMILES string of the molecule is C=C/C=C(\C=C/CC)C1=C/C=C(N2C(=O)C(C)(CCN(CCC)C/C(N)=C(C)/C=C\C)c3ccc(F)cc32)\C=C/CC\1. The Morgan fingerprint density at radius 3 is 2.69 bits per heavy atom. The number of fused-ring (bicyclic) bond motifs is 1. The number of nitrogens with zero attached hydrogens (tertiary/aromatic N) is 2. The normalized spacial score (nSPS) is 23.4. The molecule has 3 rings (SSSR count). The van der Waals surface area contributed by atoms with E-state index in [1.807, 2.05) is 51.2 Å². The predicted octanol–water partition coefficient (Wildman–Crippen LogP) is 8.58. The minimum absolute atomic E-state index is 0.0349. The lowest BCUT2D eigenvalue weighted by Gasteiger charge is -2.29. The van der Waals surface area contributed by atoms with Gasteiger partial charge in [-0.05, 0) is 113 Å². The molecule has 0 saturated heterocycles. The Labute approximate surface area is 252 Å². The highest BCUT2D eigenvalue weighted by Crippen LogP contribution is 2.46. The minimum Gasteiger partial charge on any atom is -0.401 e. The van der Waals surface area contributed by atoms with Crippen molar-refractivity contribution in [3.05, 3.63) is 125 Å². The monoisotopic (exact) mass is 569 g/mol. The molecule has 0 saturated carbocycles. The third-order valence-corrected chi connectivity index (χ3v) is 8.04. The van der Waals surface area contributed by atoms with Crippen molar-refractivity contribution >= 4 is 11.6 Å². The van der Waals surface area contributed by atoms with Crippen LogP contribution in [0.15, 0.2) is 114 Å². The van der Waals surface area contributed by atoms with Gasteiger partial charge in [-0.15, -0.1) is 0 Å². The van der Waals surface area contributed by atoms with E-state index >= 15 is 0 Å². The summed E-state index contributed by atoms with van der Waals surface area (Å²) in [4.78, 5) is 18.4. The lowest BCUT2D eigenvalue weighted by atomic mass is 9.80. The van der Waals surface area contributed by atoms with Gasteiger partial charge in [-0.25, -0.2) is 4.39 Å². The van der Waals surface area contributed by atoms with Crippen LogP contribution in [0.5, 0.6) is 0 Å². The largest absolute Gasteiger partial charge is 0.401 e. The van der Waals surface area contributed by atoms with Crippen molar-refractivity contribution in [3.63, 3.8) is 0 Å². The molecule has 0 aromatic heterocycles. The van der Waals surface area contributed by atoms with Crippen molar-refractivity contribution < 1.29 is 9.18 Å². The molecule has 0 radical (unpaired) electrons. The van der Waals surface area contributed by atoms with Gasteiger partial charge in [0, 0.05) is 17.9 Å². The summed E-state index contributed by atoms with van der Waals surface area (Å²) in [6, 6.07) is 4.74. The Balaban J connectivity index is 1.99. The molecule has 42 heavy (non-hydrogen) atoms. The van der Waals surface area contributed by atoms with Gasteiger partial charge < -0.3 is 5.73 Å². The zero-order valence-electron chi connectivity index (χ0n) is 26.1. The number of benzene rings is 1. The van der Waals surface area contributed by atoms with E-state index in [1.54, 1.807) is 17.0 Å². The molecule has 2 N–H and O–H groups in total. The van der Waals surface area contributed by atoms with E-state index in [1.165, 1.54) is 17.7 Å². The van der Waals surface area contributed by atoms with E-state index in [4.69, 9.17) is 5.73 Å². The van der Waals surface area contributed by atoms with Crippen molar-refractivity contribution in [2.24, 2.45) is 5.73 Å². The first kappa shape index (κ1) is 32.8. The summed E-state index contributed by atoms with van der Waals surface area (Å²) in [5, 5.41) is 0. The molecule has 0 spiro atoms. The van der Waals surface area contributed by atoms with Gasteiger partial charge in [0.25, 0.3) is 0 Å². The smallest absolute Gasteiger partial charge is 0.242 e. The molecule has 1 heterocycles. The maximum Gasteiger partial charge on any atom is 0.242 e. The molecular formula is C37H48FN3O. The Bertz CT molecular complexity index is 1360. The van der Waals surface area contributed by atoms with Gasteiger partial charge in [0.05, 0.1) is 11.1 Å². The van der Waals surface area contributed by atoms with Crippen LogP contribution in [0.1, 0.15) is 72.3 Å². The fourth-order valence-corrected chi connectivity index (χ4v) is 5.62. The maximum absolute atomic E-state index is 14.6. The summed E-state index contributed by atoms with van der Waals surface area (Å²) in [6.07, 6.45) is 24.5. The molecule has 1 amide bonds. The summed E-state index contributed by atoms with van der Waals surface area (Å²) in [7, 11) is 0. The van der Waals surface area contributed by atoms with Gasteiger partial charge in [-0.3, -0.25) is 14.6 Å². The van der Waals surface area contributed by atoms with E-state index < -0.39 is 5.41 Å². The number of rotatable bonds is 13. The number of hydrogen-bond acceptors (Lipinski definition) is 3. The van der Waals surface area contributed by atoms with Crippen molar-refractivity contribution in [2.75, 3.05) is 24.5 Å². The average Bonchev–Trinajstić information content (AvgIpc) is 3.16. The summed E-state index contributed by atoms with van der Waals surface area (Å²) < 4.78 is 14.6. The number of amides is 1. The number of anilines is 1. The van der Waals surface area contributed by atoms with E-state index in [0.717, 1.165) is 60.3 Å². The highest BCUT2D eigenvalue weighted by molar-refractivity contribution is 6.10. The first-order valence-electron chi connectivity index (χ1n) is 15.2. The summed E-state index contributed by atoms with van der Waals surface area (Å²) in [5.74, 6) is -0.388. The second kappa shape index (κ2) is 15.5. The molecule has 1 aliphatic heterocycles. The zero-order valence-corrected chi connectivity index (χ0v) is 26.1. The minimum atomic E-state index is -0.798. The number of hydrogen-bond donors (Lipinski definition) is 1. The Kier molecular flexibility index (Phi) is 12.1. The van der Waals surface area contributed by atoms with Crippen LogP contribution >= 0.6 is 0 Å². The topological polar surface area (TPSA) is 49.6 Å². The summed E-state index contributed by atoms with van der Waals surface area (Å²) >= 11 is 0. The second-order valence-corrected chi connectivity index (χ2v) is 11.3. The van der Waals surface area contributed by atoms with E-state index in [2.05, 4.69) is 49.6 Å². The van der Waals surface area contributed by atoms with Crippen LogP contribution in [0.3, 0.4) is 0 Å². The van der Waals surface area contributed by atoms with E-state index in [0.29, 0.717) is 25.2 Å². The average molecular weight is 570 g/mol. The van der Waals surface area contributed by atoms with Crippen LogP contribution in [0, 0.1) is 5.82 Å². The van der Waals surface area contributed by atoms with E-state index in [9.17, 15) is 9.18 Å². The molecular weight excluding hydrogens is 521 g/mol. The number of allylic oxidation sites excluding steroid dienone is 13. The number of nitrogens with two attached hydrogens (primary N) is 1. The number of carbonyl (C=O) groups excluding carboxylic acids is 1. The van der Waals surface area contributed by atoms with Gasteiger partial charge >= 0.3 is 0 Å². The highest BCUT2D eigenvalue weighted by atomic mass is 19.1. The summed E-state index contributed by atoms with van der Waals surface area (Å²) in [5.41, 5.74) is 12.0. The Morgan fingerprint density at radius 1 is 1.21 bits per heavy atom. The van der Waals surface area contributed by atoms with Crippen LogP contribution in [-0.2, 0) is 10.2 Å². The fraction of sp³-hybridized carbons (Fsp3) is 0.378. The van der Waals surface area contributed by atoms with Crippen LogP contribution in [-0.4, -0.2) is 30.4 Å². The lowest BCUT2D eigenvalue weighted by molar-refractivity contribution is -0.122. The van der Waals surface area contributed by atoms with Crippen LogP contribution < -0.4 is 10.6 Å². The first-order chi connectivity index (χ1) is 20.2. The Morgan fingerprint density at radius 2 is 2.00 bits per heavy atom. The molecule has 4 nitrogen and oxygen atoms in total. The highest BCUT2D eigenvalue weighted by Gasteiger charge is 2.48. The van der Waals surface area contributed by atoms with Gasteiger partial charge in [-0.1, -0.05) is 75.1 Å². The third kappa shape index (κ3) is 7.77. The van der Waals surface area contributed by atoms with Gasteiger partial charge in [-0.2, -0.15) is 0 Å². The van der Waals surface area contributed by atoms with Crippen LogP contribution in [0.25, 0.3) is 0 Å². The van der Waals surface area contributed by atoms with Gasteiger partial charge in [0.1, 0.15) is 5.82 Å². The number of halogens is 1. The maximum atomic E-state index is 14.6. The number of carbonyl (C=O) groups is 1. The van der Waals surface area contributed by atoms with Crippen molar-refractivity contribution in [1.29, 1.82) is 0 Å². The molecule has 1 aliphatic carbocycles. The van der Waals surface area contributed by atoms with Crippen molar-refractivity contribution in [1.82, 2.24) is 4.90 Å². The standard InChI is InChI=1S/C37H48FN3O/c1-7-11-16-29(15-9-3)30-17-12-13-18-32(21-19-30)41-35-26-31(38)20-22-33(35)37(6,36(41)42)23-25-40(24-10-4)27-34(39)28(5)14-8-2/h8-9,11,13-16,18-22,26H,3,7,10,12,17,23-25,27,39H2,1-2,4-6H3/b14-8-,16-11-,18-13-,29-15+,30-19+,32-21+,34-28-. The zero-order chi connectivity index (χ0) is 30.7. The lowest BCUT2D eigenvalue weighted by Crippen LogP contribution is -2.41. The van der Waals surface area contributed by atoms with E-state index in [-0.39, 0.29) is 11.7 Å². The molecule has 0 fully saturated rings.